The molecule has 1 aliphatic rings. The van der Waals surface area contributed by atoms with E-state index in [9.17, 15) is 0 Å². The fraction of sp³-hybridized carbons (Fsp3) is 0.875. The van der Waals surface area contributed by atoms with Crippen molar-refractivity contribution >= 4 is 11.5 Å². The smallest absolute Gasteiger partial charge is 0.0857 e. The highest BCUT2D eigenvalue weighted by Crippen LogP contribution is 2.36. The highest BCUT2D eigenvalue weighted by molar-refractivity contribution is 7.05. The number of hydrogen-bond acceptors (Lipinski definition) is 4. The fourth-order valence-electron chi connectivity index (χ4n) is 3.23. The van der Waals surface area contributed by atoms with Gasteiger partial charge in [-0.25, -0.2) is 0 Å². The van der Waals surface area contributed by atoms with Crippen molar-refractivity contribution in [1.29, 1.82) is 0 Å². The normalized spacial score (nSPS) is 19.2. The number of nitrogens with one attached hydrogen (secondary N) is 1. The molecule has 0 amide bonds. The molecule has 1 aromatic heterocycles. The Morgan fingerprint density at radius 1 is 1.25 bits per heavy atom. The molecular formula is C16H29N3S. The molecule has 0 spiro atoms. The molecule has 1 aromatic rings. The molecule has 1 heterocycles. The summed E-state index contributed by atoms with van der Waals surface area (Å²) < 4.78 is 4.24. The van der Waals surface area contributed by atoms with Crippen LogP contribution in [-0.4, -0.2) is 16.1 Å². The first-order chi connectivity index (χ1) is 9.52. The molecule has 114 valence electrons. The molecule has 0 aliphatic heterocycles. The zero-order valence-corrected chi connectivity index (χ0v) is 14.2. The van der Waals surface area contributed by atoms with Gasteiger partial charge in [-0.05, 0) is 30.4 Å². The van der Waals surface area contributed by atoms with E-state index in [1.807, 2.05) is 0 Å². The van der Waals surface area contributed by atoms with E-state index in [2.05, 4.69) is 42.6 Å². The van der Waals surface area contributed by atoms with Crippen LogP contribution in [0.4, 0.5) is 0 Å². The van der Waals surface area contributed by atoms with Crippen LogP contribution >= 0.6 is 11.5 Å². The standard InChI is InChI=1S/C16H29N3S/c1-5-17-13(11-12-9-7-6-8-10-12)14-15(16(2,3)4)18-19-20-14/h12-13,17H,5-11H2,1-4H3. The summed E-state index contributed by atoms with van der Waals surface area (Å²) in [4.78, 5) is 1.37. The summed E-state index contributed by atoms with van der Waals surface area (Å²) in [5, 5.41) is 8.09. The average Bonchev–Trinajstić information content (AvgIpc) is 2.88. The quantitative estimate of drug-likeness (QED) is 0.871. The Morgan fingerprint density at radius 3 is 2.55 bits per heavy atom. The summed E-state index contributed by atoms with van der Waals surface area (Å²) in [6.45, 7) is 9.91. The molecule has 4 heteroatoms. The van der Waals surface area contributed by atoms with Crippen molar-refractivity contribution in [3.63, 3.8) is 0 Å². The first-order valence-electron chi connectivity index (χ1n) is 8.08. The van der Waals surface area contributed by atoms with Crippen LogP contribution in [0.3, 0.4) is 0 Å². The second-order valence-electron chi connectivity index (χ2n) is 7.09. The number of aromatic nitrogens is 2. The molecule has 0 radical (unpaired) electrons. The van der Waals surface area contributed by atoms with Crippen molar-refractivity contribution in [2.45, 2.75) is 77.7 Å². The highest BCUT2D eigenvalue weighted by atomic mass is 32.1. The highest BCUT2D eigenvalue weighted by Gasteiger charge is 2.28. The van der Waals surface area contributed by atoms with E-state index >= 15 is 0 Å². The zero-order chi connectivity index (χ0) is 14.6. The Hall–Kier alpha value is -0.480. The van der Waals surface area contributed by atoms with Gasteiger partial charge in [0.05, 0.1) is 10.6 Å². The first kappa shape index (κ1) is 15.9. The van der Waals surface area contributed by atoms with E-state index in [0.717, 1.165) is 12.5 Å². The van der Waals surface area contributed by atoms with Crippen LogP contribution in [0.25, 0.3) is 0 Å². The van der Waals surface area contributed by atoms with Crippen molar-refractivity contribution in [2.75, 3.05) is 6.54 Å². The van der Waals surface area contributed by atoms with Crippen LogP contribution in [0, 0.1) is 5.92 Å². The molecule has 2 rings (SSSR count). The van der Waals surface area contributed by atoms with Gasteiger partial charge in [-0.3, -0.25) is 0 Å². The van der Waals surface area contributed by atoms with Gasteiger partial charge in [0.15, 0.2) is 0 Å². The molecule has 20 heavy (non-hydrogen) atoms. The Morgan fingerprint density at radius 2 is 1.95 bits per heavy atom. The molecule has 0 bridgehead atoms. The van der Waals surface area contributed by atoms with Crippen LogP contribution in [0.5, 0.6) is 0 Å². The SMILES string of the molecule is CCNC(CC1CCCCC1)c1snnc1C(C)(C)C. The van der Waals surface area contributed by atoms with E-state index < -0.39 is 0 Å². The Labute approximate surface area is 127 Å². The van der Waals surface area contributed by atoms with Gasteiger partial charge in [-0.2, -0.15) is 0 Å². The lowest BCUT2D eigenvalue weighted by atomic mass is 9.83. The largest absolute Gasteiger partial charge is 0.309 e. The molecule has 0 aromatic carbocycles. The van der Waals surface area contributed by atoms with Crippen molar-refractivity contribution in [1.82, 2.24) is 14.9 Å². The van der Waals surface area contributed by atoms with E-state index in [-0.39, 0.29) is 5.41 Å². The Kier molecular flexibility index (Phi) is 5.56. The molecule has 1 aliphatic carbocycles. The number of nitrogens with zero attached hydrogens (tertiary/aromatic N) is 2. The van der Waals surface area contributed by atoms with Gasteiger partial charge >= 0.3 is 0 Å². The fourth-order valence-corrected chi connectivity index (χ4v) is 4.18. The van der Waals surface area contributed by atoms with E-state index in [1.54, 1.807) is 11.5 Å². The predicted octanol–water partition coefficient (Wildman–Crippen LogP) is 4.46. The lowest BCUT2D eigenvalue weighted by molar-refractivity contribution is 0.301. The third-order valence-corrected chi connectivity index (χ3v) is 5.12. The molecule has 1 unspecified atom stereocenters. The van der Waals surface area contributed by atoms with E-state index in [1.165, 1.54) is 49.1 Å². The number of rotatable bonds is 5. The van der Waals surface area contributed by atoms with Gasteiger partial charge in [0.1, 0.15) is 0 Å². The molecule has 0 saturated heterocycles. The van der Waals surface area contributed by atoms with Crippen LogP contribution < -0.4 is 5.32 Å². The maximum absolute atomic E-state index is 4.41. The van der Waals surface area contributed by atoms with Crippen LogP contribution in [0.1, 0.15) is 82.8 Å². The molecule has 1 saturated carbocycles. The first-order valence-corrected chi connectivity index (χ1v) is 8.85. The second kappa shape index (κ2) is 6.99. The molecule has 1 N–H and O–H groups in total. The van der Waals surface area contributed by atoms with Gasteiger partial charge in [-0.15, -0.1) is 5.10 Å². The van der Waals surface area contributed by atoms with Crippen molar-refractivity contribution < 1.29 is 0 Å². The van der Waals surface area contributed by atoms with Crippen molar-refractivity contribution in [3.05, 3.63) is 10.6 Å². The van der Waals surface area contributed by atoms with Crippen LogP contribution in [0.2, 0.25) is 0 Å². The average molecular weight is 295 g/mol. The third kappa shape index (κ3) is 4.01. The second-order valence-corrected chi connectivity index (χ2v) is 7.87. The maximum Gasteiger partial charge on any atom is 0.0857 e. The molecular weight excluding hydrogens is 266 g/mol. The summed E-state index contributed by atoms with van der Waals surface area (Å²) >= 11 is 1.59. The monoisotopic (exact) mass is 295 g/mol. The van der Waals surface area contributed by atoms with Crippen LogP contribution in [0.15, 0.2) is 0 Å². The molecule has 3 nitrogen and oxygen atoms in total. The molecule has 1 atom stereocenters. The van der Waals surface area contributed by atoms with Gasteiger partial charge in [0, 0.05) is 11.5 Å². The third-order valence-electron chi connectivity index (χ3n) is 4.28. The van der Waals surface area contributed by atoms with Crippen LogP contribution in [-0.2, 0) is 5.41 Å². The predicted molar refractivity (Wildman–Crippen MR) is 86.2 cm³/mol. The van der Waals surface area contributed by atoms with E-state index in [4.69, 9.17) is 0 Å². The summed E-state index contributed by atoms with van der Waals surface area (Å²) in [6, 6.07) is 0.442. The summed E-state index contributed by atoms with van der Waals surface area (Å²) in [6.07, 6.45) is 8.31. The minimum absolute atomic E-state index is 0.0859. The van der Waals surface area contributed by atoms with Gasteiger partial charge in [0.2, 0.25) is 0 Å². The Balaban J connectivity index is 2.13. The Bertz CT molecular complexity index is 402. The van der Waals surface area contributed by atoms with Gasteiger partial charge < -0.3 is 5.32 Å². The lowest BCUT2D eigenvalue weighted by Gasteiger charge is -2.28. The van der Waals surface area contributed by atoms with Gasteiger partial charge in [-0.1, -0.05) is 64.3 Å². The number of hydrogen-bond donors (Lipinski definition) is 1. The molecule has 1 fully saturated rings. The lowest BCUT2D eigenvalue weighted by Crippen LogP contribution is -2.26. The topological polar surface area (TPSA) is 37.8 Å². The van der Waals surface area contributed by atoms with Crippen molar-refractivity contribution in [2.24, 2.45) is 5.92 Å². The summed E-state index contributed by atoms with van der Waals surface area (Å²) in [7, 11) is 0. The van der Waals surface area contributed by atoms with Crippen molar-refractivity contribution in [3.8, 4) is 0 Å². The minimum atomic E-state index is 0.0859. The maximum atomic E-state index is 4.41. The minimum Gasteiger partial charge on any atom is -0.309 e. The van der Waals surface area contributed by atoms with Gasteiger partial charge in [0.25, 0.3) is 0 Å². The zero-order valence-electron chi connectivity index (χ0n) is 13.4. The van der Waals surface area contributed by atoms with E-state index in [0.29, 0.717) is 6.04 Å². The summed E-state index contributed by atoms with van der Waals surface area (Å²) in [5.74, 6) is 0.878. The summed E-state index contributed by atoms with van der Waals surface area (Å²) in [5.41, 5.74) is 1.27.